The van der Waals surface area contributed by atoms with Crippen molar-refractivity contribution in [3.63, 3.8) is 0 Å². The third-order valence-corrected chi connectivity index (χ3v) is 2.25. The van der Waals surface area contributed by atoms with Gasteiger partial charge in [-0.05, 0) is 36.8 Å². The van der Waals surface area contributed by atoms with E-state index >= 15 is 0 Å². The molecule has 0 heterocycles. The zero-order valence-electron chi connectivity index (χ0n) is 11.7. The number of hydrogen-bond acceptors (Lipinski definition) is 4. The van der Waals surface area contributed by atoms with Gasteiger partial charge in [-0.2, -0.15) is 13.2 Å². The molecule has 0 N–H and O–H groups in total. The van der Waals surface area contributed by atoms with Crippen LogP contribution >= 0.6 is 0 Å². The second-order valence-electron chi connectivity index (χ2n) is 3.82. The number of esters is 1. The normalized spacial score (nSPS) is 11.6. The van der Waals surface area contributed by atoms with E-state index in [-0.39, 0.29) is 37.6 Å². The number of ether oxygens (including phenoxy) is 1. The largest absolute Gasteiger partial charge is 1.00 e. The predicted octanol–water partition coefficient (Wildman–Crippen LogP) is -1.32. The summed E-state index contributed by atoms with van der Waals surface area (Å²) in [7, 11) is 0. The van der Waals surface area contributed by atoms with Crippen LogP contribution in [0, 0.1) is 5.82 Å². The summed E-state index contributed by atoms with van der Waals surface area (Å²) in [5.41, 5.74) is -2.07. The minimum absolute atomic E-state index is 0. The van der Waals surface area contributed by atoms with E-state index in [2.05, 4.69) is 4.74 Å². The molecule has 0 atom stereocenters. The maximum absolute atomic E-state index is 13.1. The first-order valence-corrected chi connectivity index (χ1v) is 5.63. The number of benzene rings is 1. The Balaban J connectivity index is 0.00000441. The van der Waals surface area contributed by atoms with E-state index in [1.165, 1.54) is 6.92 Å². The summed E-state index contributed by atoms with van der Waals surface area (Å²) in [6.45, 7) is 1.32. The molecule has 1 aromatic rings. The smallest absolute Gasteiger partial charge is 0.872 e. The summed E-state index contributed by atoms with van der Waals surface area (Å²) in [6.07, 6.45) is -4.59. The fourth-order valence-electron chi connectivity index (χ4n) is 1.36. The van der Waals surface area contributed by atoms with Crippen LogP contribution in [0.25, 0.3) is 5.76 Å². The summed E-state index contributed by atoms with van der Waals surface area (Å²) in [5.74, 6) is -5.17. The van der Waals surface area contributed by atoms with Crippen molar-refractivity contribution in [2.45, 2.75) is 13.1 Å². The molecule has 0 bridgehead atoms. The van der Waals surface area contributed by atoms with Crippen LogP contribution in [-0.4, -0.2) is 18.4 Å². The Hall–Kier alpha value is -1.78. The topological polar surface area (TPSA) is 66.4 Å². The molecule has 9 heteroatoms. The number of ketones is 1. The molecule has 0 unspecified atom stereocenters. The molecule has 0 aromatic heterocycles. The summed E-state index contributed by atoms with van der Waals surface area (Å²) >= 11 is 0. The van der Waals surface area contributed by atoms with Gasteiger partial charge >= 0.3 is 31.0 Å². The average molecular weight is 312 g/mol. The number of halogens is 4. The predicted molar refractivity (Wildman–Crippen MR) is 61.0 cm³/mol. The van der Waals surface area contributed by atoms with E-state index < -0.39 is 40.6 Å². The fraction of sp³-hybridized carbons (Fsp3) is 0.231. The summed E-state index contributed by atoms with van der Waals surface area (Å²) < 4.78 is 54.8. The second kappa shape index (κ2) is 8.01. The van der Waals surface area contributed by atoms with Gasteiger partial charge in [0.1, 0.15) is 5.82 Å². The zero-order valence-corrected chi connectivity index (χ0v) is 11.7. The fourth-order valence-corrected chi connectivity index (χ4v) is 1.36. The van der Waals surface area contributed by atoms with Gasteiger partial charge in [-0.25, -0.2) is 9.18 Å². The Labute approximate surface area is 134 Å². The van der Waals surface area contributed by atoms with E-state index in [9.17, 15) is 32.3 Å². The van der Waals surface area contributed by atoms with Gasteiger partial charge in [0.25, 0.3) is 5.78 Å². The van der Waals surface area contributed by atoms with E-state index in [4.69, 9.17) is 0 Å². The molecule has 4 nitrogen and oxygen atoms in total. The van der Waals surface area contributed by atoms with Crippen LogP contribution in [0.5, 0.6) is 0 Å². The van der Waals surface area contributed by atoms with Crippen molar-refractivity contribution in [1.29, 1.82) is 0 Å². The molecule has 0 aliphatic heterocycles. The van der Waals surface area contributed by atoms with Gasteiger partial charge in [-0.1, -0.05) is 5.76 Å². The number of rotatable bonds is 4. The first kappa shape index (κ1) is 20.2. The maximum Gasteiger partial charge on any atom is 1.00 e. The molecular formula is C13H9F4LiO4. The van der Waals surface area contributed by atoms with Crippen molar-refractivity contribution >= 4 is 17.5 Å². The number of carbonyl (C=O) groups is 2. The van der Waals surface area contributed by atoms with Crippen LogP contribution in [0.15, 0.2) is 24.3 Å². The van der Waals surface area contributed by atoms with Crippen LogP contribution in [0.2, 0.25) is 0 Å². The SMILES string of the molecule is CCOC(=O)C(=O)/C=C(\[O-])c1cc(F)cc(C(F)(F)F)c1.[Li+]. The monoisotopic (exact) mass is 312 g/mol. The van der Waals surface area contributed by atoms with Crippen LogP contribution in [0.1, 0.15) is 18.1 Å². The molecular weight excluding hydrogens is 303 g/mol. The van der Waals surface area contributed by atoms with E-state index in [1.54, 1.807) is 0 Å². The quantitative estimate of drug-likeness (QED) is 0.173. The van der Waals surface area contributed by atoms with Crippen molar-refractivity contribution in [1.82, 2.24) is 0 Å². The Kier molecular flexibility index (Phi) is 7.36. The standard InChI is InChI=1S/C13H10F4O4.Li/c1-2-21-12(20)11(19)6-10(18)7-3-8(13(15,16)17)5-9(14)4-7;/h3-6,18H,2H2,1H3;/q;+1/p-1/b10-6-;. The Morgan fingerprint density at radius 1 is 1.27 bits per heavy atom. The van der Waals surface area contributed by atoms with E-state index in [0.29, 0.717) is 12.1 Å². The molecule has 0 saturated carbocycles. The van der Waals surface area contributed by atoms with Gasteiger partial charge in [-0.15, -0.1) is 0 Å². The van der Waals surface area contributed by atoms with Gasteiger partial charge in [0.2, 0.25) is 0 Å². The van der Waals surface area contributed by atoms with Crippen LogP contribution in [0.4, 0.5) is 17.6 Å². The van der Waals surface area contributed by atoms with Crippen molar-refractivity contribution < 1.29 is 55.9 Å². The Bertz CT molecular complexity index is 596. The van der Waals surface area contributed by atoms with Crippen LogP contribution in [-0.2, 0) is 20.5 Å². The van der Waals surface area contributed by atoms with Crippen molar-refractivity contribution in [2.75, 3.05) is 6.61 Å². The van der Waals surface area contributed by atoms with Crippen molar-refractivity contribution in [2.24, 2.45) is 0 Å². The Morgan fingerprint density at radius 3 is 2.36 bits per heavy atom. The molecule has 0 aliphatic rings. The summed E-state index contributed by atoms with van der Waals surface area (Å²) in [4.78, 5) is 22.2. The van der Waals surface area contributed by atoms with Crippen LogP contribution < -0.4 is 24.0 Å². The average Bonchev–Trinajstić information content (AvgIpc) is 2.37. The molecule has 0 aliphatic carbocycles. The van der Waals surface area contributed by atoms with Gasteiger partial charge in [0.15, 0.2) is 0 Å². The maximum atomic E-state index is 13.1. The minimum atomic E-state index is -4.84. The van der Waals surface area contributed by atoms with Gasteiger partial charge in [-0.3, -0.25) is 4.79 Å². The molecule has 0 amide bonds. The van der Waals surface area contributed by atoms with Gasteiger partial charge in [0, 0.05) is 0 Å². The molecule has 22 heavy (non-hydrogen) atoms. The van der Waals surface area contributed by atoms with Gasteiger partial charge < -0.3 is 9.84 Å². The molecule has 114 valence electrons. The van der Waals surface area contributed by atoms with Gasteiger partial charge in [0.05, 0.1) is 12.2 Å². The molecule has 0 fully saturated rings. The first-order chi connectivity index (χ1) is 9.65. The zero-order chi connectivity index (χ0) is 16.2. The number of alkyl halides is 3. The minimum Gasteiger partial charge on any atom is -0.872 e. The van der Waals surface area contributed by atoms with E-state index in [1.807, 2.05) is 0 Å². The third kappa shape index (κ3) is 5.54. The first-order valence-electron chi connectivity index (χ1n) is 5.63. The summed E-state index contributed by atoms with van der Waals surface area (Å²) in [5, 5.41) is 11.6. The molecule has 1 aromatic carbocycles. The van der Waals surface area contributed by atoms with Crippen molar-refractivity contribution in [3.8, 4) is 0 Å². The molecule has 0 saturated heterocycles. The molecule has 1 rings (SSSR count). The van der Waals surface area contributed by atoms with Crippen LogP contribution in [0.3, 0.4) is 0 Å². The summed E-state index contributed by atoms with van der Waals surface area (Å²) in [6, 6.07) is 1.14. The molecule has 0 spiro atoms. The number of hydrogen-bond donors (Lipinski definition) is 0. The number of carbonyl (C=O) groups excluding carboxylic acids is 2. The third-order valence-electron chi connectivity index (χ3n) is 2.25. The van der Waals surface area contributed by atoms with Crippen molar-refractivity contribution in [3.05, 3.63) is 41.2 Å². The second-order valence-corrected chi connectivity index (χ2v) is 3.82. The van der Waals surface area contributed by atoms with E-state index in [0.717, 1.165) is 0 Å². The Morgan fingerprint density at radius 2 is 1.86 bits per heavy atom. The molecule has 0 radical (unpaired) electrons.